The molecule has 0 bridgehead atoms. The molecular formula is C17H28. The molecule has 0 spiro atoms. The minimum absolute atomic E-state index is 0.748. The third-order valence-corrected chi connectivity index (χ3v) is 4.36. The lowest BCUT2D eigenvalue weighted by Crippen LogP contribution is -2.27. The van der Waals surface area contributed by atoms with Crippen LogP contribution in [0.2, 0.25) is 0 Å². The minimum Gasteiger partial charge on any atom is -0.0953 e. The van der Waals surface area contributed by atoms with E-state index in [0.29, 0.717) is 0 Å². The topological polar surface area (TPSA) is 0 Å². The Morgan fingerprint density at radius 3 is 2.35 bits per heavy atom. The van der Waals surface area contributed by atoms with E-state index < -0.39 is 0 Å². The maximum absolute atomic E-state index is 4.34. The van der Waals surface area contributed by atoms with E-state index >= 15 is 0 Å². The average molecular weight is 232 g/mol. The first kappa shape index (κ1) is 14.3. The van der Waals surface area contributed by atoms with Gasteiger partial charge in [-0.2, -0.15) is 0 Å². The number of allylic oxidation sites excluding steroid dienone is 5. The molecular weight excluding hydrogens is 204 g/mol. The fourth-order valence-electron chi connectivity index (χ4n) is 2.56. The molecule has 0 aromatic carbocycles. The molecule has 0 heteroatoms. The van der Waals surface area contributed by atoms with E-state index in [1.165, 1.54) is 36.0 Å². The van der Waals surface area contributed by atoms with Crippen molar-refractivity contribution >= 4 is 0 Å². The molecule has 96 valence electrons. The predicted octanol–water partition coefficient (Wildman–Crippen LogP) is 5.67. The summed E-state index contributed by atoms with van der Waals surface area (Å²) in [4.78, 5) is 0. The standard InChI is InChI=1S/C17H28/c1-6-8-9-10-16-11-12-17(16)15(5)14(4)13(3)7-2/h8-9,16-17H,5-7,10-12H2,1-4H3. The fourth-order valence-corrected chi connectivity index (χ4v) is 2.56. The third-order valence-electron chi connectivity index (χ3n) is 4.36. The highest BCUT2D eigenvalue weighted by molar-refractivity contribution is 5.34. The fraction of sp³-hybridized carbons (Fsp3) is 0.647. The Morgan fingerprint density at radius 1 is 1.18 bits per heavy atom. The normalized spacial score (nSPS) is 25.6. The van der Waals surface area contributed by atoms with Crippen molar-refractivity contribution in [2.45, 2.75) is 59.8 Å². The van der Waals surface area contributed by atoms with Crippen molar-refractivity contribution in [1.82, 2.24) is 0 Å². The van der Waals surface area contributed by atoms with Crippen LogP contribution in [0.3, 0.4) is 0 Å². The van der Waals surface area contributed by atoms with Gasteiger partial charge in [0.15, 0.2) is 0 Å². The Labute approximate surface area is 108 Å². The molecule has 0 heterocycles. The first-order chi connectivity index (χ1) is 8.11. The Kier molecular flexibility index (Phi) is 5.74. The van der Waals surface area contributed by atoms with E-state index in [2.05, 4.69) is 46.4 Å². The lowest BCUT2D eigenvalue weighted by molar-refractivity contribution is 0.219. The maximum Gasteiger partial charge on any atom is -0.0134 e. The molecule has 0 radical (unpaired) electrons. The zero-order valence-corrected chi connectivity index (χ0v) is 12.1. The van der Waals surface area contributed by atoms with Crippen molar-refractivity contribution < 1.29 is 0 Å². The minimum atomic E-state index is 0.748. The summed E-state index contributed by atoms with van der Waals surface area (Å²) in [7, 11) is 0. The van der Waals surface area contributed by atoms with E-state index in [1.807, 2.05) is 0 Å². The predicted molar refractivity (Wildman–Crippen MR) is 78.1 cm³/mol. The van der Waals surface area contributed by atoms with Crippen molar-refractivity contribution in [3.05, 3.63) is 35.5 Å². The molecule has 1 rings (SSSR count). The summed E-state index contributed by atoms with van der Waals surface area (Å²) in [5.74, 6) is 1.60. The highest BCUT2D eigenvalue weighted by Gasteiger charge is 2.32. The van der Waals surface area contributed by atoms with Crippen LogP contribution in [-0.4, -0.2) is 0 Å². The molecule has 0 aromatic heterocycles. The second-order valence-electron chi connectivity index (χ2n) is 5.34. The molecule has 0 nitrogen and oxygen atoms in total. The molecule has 0 N–H and O–H groups in total. The molecule has 1 saturated carbocycles. The van der Waals surface area contributed by atoms with Gasteiger partial charge in [-0.25, -0.2) is 0 Å². The van der Waals surface area contributed by atoms with E-state index in [0.717, 1.165) is 24.7 Å². The summed E-state index contributed by atoms with van der Waals surface area (Å²) in [5, 5.41) is 0. The van der Waals surface area contributed by atoms with Crippen LogP contribution in [0.25, 0.3) is 0 Å². The van der Waals surface area contributed by atoms with Gasteiger partial charge in [-0.05, 0) is 68.9 Å². The molecule has 2 unspecified atom stereocenters. The van der Waals surface area contributed by atoms with E-state index in [-0.39, 0.29) is 0 Å². The maximum atomic E-state index is 4.34. The van der Waals surface area contributed by atoms with Gasteiger partial charge in [0.1, 0.15) is 0 Å². The molecule has 0 aliphatic heterocycles. The second-order valence-corrected chi connectivity index (χ2v) is 5.34. The van der Waals surface area contributed by atoms with Gasteiger partial charge in [0, 0.05) is 0 Å². The quantitative estimate of drug-likeness (QED) is 0.409. The second kappa shape index (κ2) is 6.83. The van der Waals surface area contributed by atoms with E-state index in [9.17, 15) is 0 Å². The average Bonchev–Trinajstić information content (AvgIpc) is 2.31. The van der Waals surface area contributed by atoms with Gasteiger partial charge < -0.3 is 0 Å². The summed E-state index contributed by atoms with van der Waals surface area (Å²) >= 11 is 0. The molecule has 0 aromatic rings. The smallest absolute Gasteiger partial charge is 0.0134 e. The zero-order chi connectivity index (χ0) is 12.8. The molecule has 1 fully saturated rings. The summed E-state index contributed by atoms with van der Waals surface area (Å²) in [5.41, 5.74) is 4.37. The zero-order valence-electron chi connectivity index (χ0n) is 12.1. The van der Waals surface area contributed by atoms with Gasteiger partial charge in [0.05, 0.1) is 0 Å². The molecule has 0 amide bonds. The summed E-state index contributed by atoms with van der Waals surface area (Å²) in [6.07, 6.45) is 10.9. The summed E-state index contributed by atoms with van der Waals surface area (Å²) in [6, 6.07) is 0. The van der Waals surface area contributed by atoms with Crippen LogP contribution in [-0.2, 0) is 0 Å². The van der Waals surface area contributed by atoms with Crippen LogP contribution < -0.4 is 0 Å². The molecule has 0 saturated heterocycles. The largest absolute Gasteiger partial charge is 0.0953 e. The van der Waals surface area contributed by atoms with Crippen molar-refractivity contribution in [3.8, 4) is 0 Å². The van der Waals surface area contributed by atoms with Gasteiger partial charge in [0.25, 0.3) is 0 Å². The Hall–Kier alpha value is -0.780. The molecule has 17 heavy (non-hydrogen) atoms. The van der Waals surface area contributed by atoms with Gasteiger partial charge in [-0.3, -0.25) is 0 Å². The Balaban J connectivity index is 2.56. The van der Waals surface area contributed by atoms with E-state index in [4.69, 9.17) is 0 Å². The van der Waals surface area contributed by atoms with Crippen molar-refractivity contribution in [2.75, 3.05) is 0 Å². The van der Waals surface area contributed by atoms with Crippen molar-refractivity contribution in [1.29, 1.82) is 0 Å². The van der Waals surface area contributed by atoms with E-state index in [1.54, 1.807) is 0 Å². The van der Waals surface area contributed by atoms with Crippen LogP contribution in [0, 0.1) is 11.8 Å². The van der Waals surface area contributed by atoms with Crippen molar-refractivity contribution in [2.24, 2.45) is 11.8 Å². The van der Waals surface area contributed by atoms with Crippen LogP contribution >= 0.6 is 0 Å². The Bertz CT molecular complexity index is 317. The first-order valence-electron chi connectivity index (χ1n) is 7.12. The van der Waals surface area contributed by atoms with Gasteiger partial charge in [-0.15, -0.1) is 0 Å². The Morgan fingerprint density at radius 2 is 1.88 bits per heavy atom. The van der Waals surface area contributed by atoms with Crippen molar-refractivity contribution in [3.63, 3.8) is 0 Å². The summed E-state index contributed by atoms with van der Waals surface area (Å²) < 4.78 is 0. The third kappa shape index (κ3) is 3.59. The highest BCUT2D eigenvalue weighted by atomic mass is 14.4. The van der Waals surface area contributed by atoms with Crippen LogP contribution in [0.15, 0.2) is 35.5 Å². The summed E-state index contributed by atoms with van der Waals surface area (Å²) in [6.45, 7) is 13.3. The lowest BCUT2D eigenvalue weighted by Gasteiger charge is -2.38. The van der Waals surface area contributed by atoms with Crippen LogP contribution in [0.1, 0.15) is 59.8 Å². The van der Waals surface area contributed by atoms with Gasteiger partial charge in [0.2, 0.25) is 0 Å². The SMILES string of the molecule is C=C(C(C)=C(C)CC)C1CCC1CC=CCC. The monoisotopic (exact) mass is 232 g/mol. The number of hydrogen-bond acceptors (Lipinski definition) is 0. The van der Waals surface area contributed by atoms with Crippen LogP contribution in [0.5, 0.6) is 0 Å². The number of rotatable bonds is 6. The lowest BCUT2D eigenvalue weighted by atomic mass is 9.67. The molecule has 1 aliphatic rings. The van der Waals surface area contributed by atoms with Gasteiger partial charge in [-0.1, -0.05) is 38.2 Å². The first-order valence-corrected chi connectivity index (χ1v) is 7.12. The number of hydrogen-bond donors (Lipinski definition) is 0. The molecule has 1 aliphatic carbocycles. The van der Waals surface area contributed by atoms with Gasteiger partial charge >= 0.3 is 0 Å². The highest BCUT2D eigenvalue weighted by Crippen LogP contribution is 2.44. The molecule has 2 atom stereocenters. The van der Waals surface area contributed by atoms with Crippen LogP contribution in [0.4, 0.5) is 0 Å².